The smallest absolute Gasteiger partial charge is 0.0314 e. The summed E-state index contributed by atoms with van der Waals surface area (Å²) in [5.74, 6) is 0. The number of anilines is 2. The van der Waals surface area contributed by atoms with Crippen molar-refractivity contribution in [2.75, 3.05) is 11.5 Å². The normalized spacial score (nSPS) is 11.2. The van der Waals surface area contributed by atoms with E-state index in [0.29, 0.717) is 0 Å². The number of nitrogen functional groups attached to an aromatic ring is 2. The van der Waals surface area contributed by atoms with Gasteiger partial charge in [-0.1, -0.05) is 106 Å². The van der Waals surface area contributed by atoms with Crippen LogP contribution in [-0.4, -0.2) is 0 Å². The van der Waals surface area contributed by atoms with E-state index in [1.165, 1.54) is 115 Å². The van der Waals surface area contributed by atoms with E-state index in [1.807, 2.05) is 24.3 Å². The van der Waals surface area contributed by atoms with Crippen LogP contribution in [0.1, 0.15) is 102 Å². The number of rotatable bonds is 16. The monoisotopic (exact) mass is 546 g/mol. The Kier molecular flexibility index (Phi) is 11.9. The first kappa shape index (κ1) is 30.4. The summed E-state index contributed by atoms with van der Waals surface area (Å²) >= 11 is 0. The highest BCUT2D eigenvalue weighted by Crippen LogP contribution is 2.20. The lowest BCUT2D eigenvalue weighted by atomic mass is 9.96. The van der Waals surface area contributed by atoms with E-state index in [0.717, 1.165) is 24.2 Å². The van der Waals surface area contributed by atoms with Gasteiger partial charge < -0.3 is 11.5 Å². The van der Waals surface area contributed by atoms with E-state index in [2.05, 4.69) is 74.5 Å². The van der Waals surface area contributed by atoms with Crippen molar-refractivity contribution in [1.82, 2.24) is 0 Å². The van der Waals surface area contributed by atoms with Crippen molar-refractivity contribution in [3.05, 3.63) is 129 Å². The maximum atomic E-state index is 5.82. The van der Waals surface area contributed by atoms with Gasteiger partial charge in [0.25, 0.3) is 0 Å². The topological polar surface area (TPSA) is 52.0 Å². The molecule has 4 aromatic rings. The molecule has 2 nitrogen and oxygen atoms in total. The SMILES string of the molecule is Cc1cc(CCCCCCCCCCCc2ccc(Cc3ccc(N)cc3)c(C)c2)ccc1Cc1ccc(N)cc1. The van der Waals surface area contributed by atoms with Gasteiger partial charge in [0.05, 0.1) is 0 Å². The van der Waals surface area contributed by atoms with Gasteiger partial charge in [-0.05, 0) is 121 Å². The van der Waals surface area contributed by atoms with Crippen molar-refractivity contribution in [3.63, 3.8) is 0 Å². The van der Waals surface area contributed by atoms with Crippen LogP contribution in [0.25, 0.3) is 0 Å². The van der Waals surface area contributed by atoms with Crippen molar-refractivity contribution in [2.45, 2.75) is 97.3 Å². The summed E-state index contributed by atoms with van der Waals surface area (Å²) in [4.78, 5) is 0. The number of nitrogens with two attached hydrogens (primary N) is 2. The Morgan fingerprint density at radius 3 is 1.05 bits per heavy atom. The second-order valence-corrected chi connectivity index (χ2v) is 12.0. The molecule has 0 fully saturated rings. The number of aryl methyl sites for hydroxylation is 4. The predicted octanol–water partition coefficient (Wildman–Crippen LogP) is 9.95. The summed E-state index contributed by atoms with van der Waals surface area (Å²) < 4.78 is 0. The van der Waals surface area contributed by atoms with Gasteiger partial charge in [-0.25, -0.2) is 0 Å². The van der Waals surface area contributed by atoms with Crippen LogP contribution in [0.5, 0.6) is 0 Å². The van der Waals surface area contributed by atoms with Crippen molar-refractivity contribution in [1.29, 1.82) is 0 Å². The number of hydrogen-bond donors (Lipinski definition) is 2. The summed E-state index contributed by atoms with van der Waals surface area (Å²) in [5.41, 5.74) is 24.5. The Morgan fingerprint density at radius 2 is 0.707 bits per heavy atom. The van der Waals surface area contributed by atoms with Crippen LogP contribution >= 0.6 is 0 Å². The van der Waals surface area contributed by atoms with E-state index in [9.17, 15) is 0 Å². The van der Waals surface area contributed by atoms with E-state index in [1.54, 1.807) is 0 Å². The molecule has 4 aromatic carbocycles. The fourth-order valence-electron chi connectivity index (χ4n) is 5.83. The minimum atomic E-state index is 0.830. The van der Waals surface area contributed by atoms with E-state index >= 15 is 0 Å². The lowest BCUT2D eigenvalue weighted by Crippen LogP contribution is -1.95. The Labute approximate surface area is 249 Å². The maximum absolute atomic E-state index is 5.82. The van der Waals surface area contributed by atoms with Crippen LogP contribution < -0.4 is 11.5 Å². The average Bonchev–Trinajstić information content (AvgIpc) is 2.96. The molecule has 4 rings (SSSR count). The zero-order chi connectivity index (χ0) is 28.9. The second kappa shape index (κ2) is 16.1. The van der Waals surface area contributed by atoms with Crippen molar-refractivity contribution in [2.24, 2.45) is 0 Å². The minimum Gasteiger partial charge on any atom is -0.399 e. The third-order valence-corrected chi connectivity index (χ3v) is 8.49. The Morgan fingerprint density at radius 1 is 0.390 bits per heavy atom. The average molecular weight is 547 g/mol. The molecule has 0 saturated carbocycles. The highest BCUT2D eigenvalue weighted by Gasteiger charge is 2.04. The molecule has 0 heterocycles. The Balaban J connectivity index is 1.02. The van der Waals surface area contributed by atoms with Crippen molar-refractivity contribution in [3.8, 4) is 0 Å². The summed E-state index contributed by atoms with van der Waals surface area (Å²) in [6.45, 7) is 4.49. The molecule has 0 bridgehead atoms. The third kappa shape index (κ3) is 10.4. The fraction of sp³-hybridized carbons (Fsp3) is 0.385. The first-order valence-electron chi connectivity index (χ1n) is 15.8. The van der Waals surface area contributed by atoms with Gasteiger partial charge in [0, 0.05) is 11.4 Å². The Bertz CT molecular complexity index is 1230. The summed E-state index contributed by atoms with van der Waals surface area (Å²) in [6, 6.07) is 30.6. The first-order valence-corrected chi connectivity index (χ1v) is 15.8. The van der Waals surface area contributed by atoms with Gasteiger partial charge in [0.1, 0.15) is 0 Å². The van der Waals surface area contributed by atoms with Gasteiger partial charge in [-0.3, -0.25) is 0 Å². The highest BCUT2D eigenvalue weighted by atomic mass is 14.5. The number of hydrogen-bond acceptors (Lipinski definition) is 2. The molecule has 2 heteroatoms. The molecule has 0 aromatic heterocycles. The third-order valence-electron chi connectivity index (χ3n) is 8.49. The van der Waals surface area contributed by atoms with Crippen LogP contribution in [0.3, 0.4) is 0 Å². The van der Waals surface area contributed by atoms with Gasteiger partial charge in [-0.15, -0.1) is 0 Å². The van der Waals surface area contributed by atoms with Gasteiger partial charge in [0.2, 0.25) is 0 Å². The molecule has 4 N–H and O–H groups in total. The highest BCUT2D eigenvalue weighted by molar-refractivity contribution is 5.43. The predicted molar refractivity (Wildman–Crippen MR) is 179 cm³/mol. The van der Waals surface area contributed by atoms with Gasteiger partial charge in [-0.2, -0.15) is 0 Å². The molecule has 0 saturated heterocycles. The van der Waals surface area contributed by atoms with E-state index in [-0.39, 0.29) is 0 Å². The number of benzene rings is 4. The van der Waals surface area contributed by atoms with Crippen molar-refractivity contribution >= 4 is 11.4 Å². The molecular weight excluding hydrogens is 496 g/mol. The zero-order valence-electron chi connectivity index (χ0n) is 25.4. The molecule has 0 unspecified atom stereocenters. The number of unbranched alkanes of at least 4 members (excludes halogenated alkanes) is 8. The van der Waals surface area contributed by atoms with Gasteiger partial charge in [0.15, 0.2) is 0 Å². The van der Waals surface area contributed by atoms with E-state index in [4.69, 9.17) is 11.5 Å². The summed E-state index contributed by atoms with van der Waals surface area (Å²) in [6.07, 6.45) is 16.5. The quantitative estimate of drug-likeness (QED) is 0.108. The largest absolute Gasteiger partial charge is 0.399 e. The second-order valence-electron chi connectivity index (χ2n) is 12.0. The van der Waals surface area contributed by atoms with Crippen LogP contribution in [-0.2, 0) is 25.7 Å². The molecule has 0 aliphatic carbocycles. The first-order chi connectivity index (χ1) is 20.0. The molecule has 0 spiro atoms. The van der Waals surface area contributed by atoms with Crippen LogP contribution in [0.4, 0.5) is 11.4 Å². The molecular formula is C39H50N2. The fourth-order valence-corrected chi connectivity index (χ4v) is 5.83. The zero-order valence-corrected chi connectivity index (χ0v) is 25.4. The summed E-state index contributed by atoms with van der Waals surface area (Å²) in [7, 11) is 0. The summed E-state index contributed by atoms with van der Waals surface area (Å²) in [5, 5.41) is 0. The standard InChI is InChI=1S/C39H50N2/c1-30-26-32(14-20-36(30)28-34-16-22-38(40)23-17-34)12-10-8-6-4-3-5-7-9-11-13-33-15-21-37(31(2)27-33)29-35-18-24-39(41)25-19-35/h14-27H,3-13,28-29,40-41H2,1-2H3. The lowest BCUT2D eigenvalue weighted by Gasteiger charge is -2.10. The Hall–Kier alpha value is -3.52. The molecule has 0 amide bonds. The minimum absolute atomic E-state index is 0.830. The van der Waals surface area contributed by atoms with Crippen LogP contribution in [0.15, 0.2) is 84.9 Å². The van der Waals surface area contributed by atoms with Crippen molar-refractivity contribution < 1.29 is 0 Å². The molecule has 41 heavy (non-hydrogen) atoms. The lowest BCUT2D eigenvalue weighted by molar-refractivity contribution is 0.558. The molecule has 216 valence electrons. The molecule has 0 atom stereocenters. The van der Waals surface area contributed by atoms with Gasteiger partial charge >= 0.3 is 0 Å². The molecule has 0 aliphatic rings. The van der Waals surface area contributed by atoms with E-state index < -0.39 is 0 Å². The van der Waals surface area contributed by atoms with Crippen LogP contribution in [0.2, 0.25) is 0 Å². The molecule has 0 radical (unpaired) electrons. The van der Waals surface area contributed by atoms with Crippen LogP contribution in [0, 0.1) is 13.8 Å². The maximum Gasteiger partial charge on any atom is 0.0314 e. The molecule has 0 aliphatic heterocycles.